The Kier molecular flexibility index (Phi) is 8.80. The van der Waals surface area contributed by atoms with Crippen LogP contribution in [0.4, 0.5) is 10.6 Å². The minimum atomic E-state index is -0.203. The van der Waals surface area contributed by atoms with Crippen molar-refractivity contribution in [3.63, 3.8) is 0 Å². The lowest BCUT2D eigenvalue weighted by atomic mass is 9.95. The third-order valence-corrected chi connectivity index (χ3v) is 7.02. The van der Waals surface area contributed by atoms with E-state index >= 15 is 0 Å². The lowest BCUT2D eigenvalue weighted by Crippen LogP contribution is -2.48. The molecule has 2 saturated heterocycles. The number of ether oxygens (including phenoxy) is 1. The van der Waals surface area contributed by atoms with E-state index in [2.05, 4.69) is 37.1 Å². The maximum atomic E-state index is 12.8. The summed E-state index contributed by atoms with van der Waals surface area (Å²) in [4.78, 5) is 35.2. The van der Waals surface area contributed by atoms with Crippen LogP contribution in [0, 0.1) is 18.3 Å². The number of anilines is 1. The molecule has 180 valence electrons. The van der Waals surface area contributed by atoms with Gasteiger partial charge in [-0.2, -0.15) is 4.98 Å². The molecule has 3 rings (SSSR count). The van der Waals surface area contributed by atoms with Crippen molar-refractivity contribution >= 4 is 33.7 Å². The summed E-state index contributed by atoms with van der Waals surface area (Å²) in [6.45, 7) is 4.80. The van der Waals surface area contributed by atoms with Crippen LogP contribution in [0.25, 0.3) is 0 Å². The Hall–Kier alpha value is -2.51. The zero-order chi connectivity index (χ0) is 24.0. The molecule has 2 aliphatic rings. The summed E-state index contributed by atoms with van der Waals surface area (Å²) in [6.07, 6.45) is 9.11. The van der Waals surface area contributed by atoms with E-state index in [9.17, 15) is 9.59 Å². The number of carbonyl (C=O) groups is 2. The number of amides is 3. The highest BCUT2D eigenvalue weighted by Gasteiger charge is 2.28. The smallest absolute Gasteiger partial charge is 0.320 e. The highest BCUT2D eigenvalue weighted by molar-refractivity contribution is 9.10. The first kappa shape index (κ1) is 25.1. The van der Waals surface area contributed by atoms with Crippen molar-refractivity contribution in [1.82, 2.24) is 25.0 Å². The Morgan fingerprint density at radius 1 is 1.30 bits per heavy atom. The number of nitrogens with one attached hydrogen (secondary N) is 1. The van der Waals surface area contributed by atoms with Crippen LogP contribution in [0.2, 0.25) is 0 Å². The standard InChI is InChI=1S/C23H33BrN6O3/c1-4-9-28(2)23(32)30-12-5-16(6-13-30)15-29-10-7-17(8-11-29)26-21(31)18-14-19(24)20(25)27-22(18)33-3/h1,14,16-17H,5-13,15H2,2-3H3,(H2,25,27)(H,26,31). The normalized spacial score (nSPS) is 17.9. The summed E-state index contributed by atoms with van der Waals surface area (Å²) in [6, 6.07) is 1.77. The van der Waals surface area contributed by atoms with E-state index in [0.717, 1.165) is 58.4 Å². The summed E-state index contributed by atoms with van der Waals surface area (Å²) in [5, 5.41) is 3.11. The SMILES string of the molecule is C#CCN(C)C(=O)N1CCC(CN2CCC(NC(=O)c3cc(Br)c(N)nc3OC)CC2)CC1. The Bertz CT molecular complexity index is 889. The molecule has 0 aliphatic carbocycles. The van der Waals surface area contributed by atoms with E-state index < -0.39 is 0 Å². The summed E-state index contributed by atoms with van der Waals surface area (Å²) >= 11 is 3.32. The highest BCUT2D eigenvalue weighted by Crippen LogP contribution is 2.26. The minimum Gasteiger partial charge on any atom is -0.480 e. The van der Waals surface area contributed by atoms with Gasteiger partial charge in [0, 0.05) is 45.8 Å². The fraction of sp³-hybridized carbons (Fsp3) is 0.609. The maximum Gasteiger partial charge on any atom is 0.320 e. The van der Waals surface area contributed by atoms with Crippen molar-refractivity contribution in [2.75, 3.05) is 59.2 Å². The molecule has 0 atom stereocenters. The fourth-order valence-electron chi connectivity index (χ4n) is 4.44. The molecule has 0 spiro atoms. The molecule has 0 aromatic carbocycles. The van der Waals surface area contributed by atoms with Gasteiger partial charge in [-0.3, -0.25) is 4.79 Å². The Morgan fingerprint density at radius 3 is 2.58 bits per heavy atom. The second-order valence-corrected chi connectivity index (χ2v) is 9.59. The van der Waals surface area contributed by atoms with E-state index in [0.29, 0.717) is 22.5 Å². The molecular weight excluding hydrogens is 488 g/mol. The number of halogens is 1. The van der Waals surface area contributed by atoms with Crippen molar-refractivity contribution in [2.24, 2.45) is 5.92 Å². The molecule has 33 heavy (non-hydrogen) atoms. The van der Waals surface area contributed by atoms with Crippen LogP contribution < -0.4 is 15.8 Å². The second-order valence-electron chi connectivity index (χ2n) is 8.73. The van der Waals surface area contributed by atoms with Gasteiger partial charge in [0.1, 0.15) is 11.4 Å². The zero-order valence-corrected chi connectivity index (χ0v) is 20.9. The van der Waals surface area contributed by atoms with Gasteiger partial charge in [0.2, 0.25) is 5.88 Å². The average Bonchev–Trinajstić information content (AvgIpc) is 2.82. The number of likely N-dealkylation sites (tertiary alicyclic amines) is 2. The van der Waals surface area contributed by atoms with Gasteiger partial charge in [-0.25, -0.2) is 4.79 Å². The monoisotopic (exact) mass is 520 g/mol. The van der Waals surface area contributed by atoms with Crippen molar-refractivity contribution in [1.29, 1.82) is 0 Å². The number of aromatic nitrogens is 1. The number of nitrogen functional groups attached to an aromatic ring is 1. The maximum absolute atomic E-state index is 12.8. The number of methoxy groups -OCH3 is 1. The molecule has 1 aromatic heterocycles. The molecule has 9 nitrogen and oxygen atoms in total. The Morgan fingerprint density at radius 2 is 1.97 bits per heavy atom. The van der Waals surface area contributed by atoms with E-state index in [1.807, 2.05) is 4.90 Å². The molecule has 0 bridgehead atoms. The van der Waals surface area contributed by atoms with Crippen LogP contribution in [0.1, 0.15) is 36.0 Å². The predicted molar refractivity (Wildman–Crippen MR) is 131 cm³/mol. The Balaban J connectivity index is 1.42. The molecule has 2 aliphatic heterocycles. The van der Waals surface area contributed by atoms with Gasteiger partial charge in [0.15, 0.2) is 0 Å². The lowest BCUT2D eigenvalue weighted by Gasteiger charge is -2.38. The first-order valence-electron chi connectivity index (χ1n) is 11.3. The molecule has 2 fully saturated rings. The average molecular weight is 521 g/mol. The fourth-order valence-corrected chi connectivity index (χ4v) is 4.76. The number of pyridine rings is 1. The number of carbonyl (C=O) groups excluding carboxylic acids is 2. The van der Waals surface area contributed by atoms with Gasteiger partial charge in [-0.05, 0) is 53.6 Å². The minimum absolute atomic E-state index is 0.0166. The van der Waals surface area contributed by atoms with Gasteiger partial charge >= 0.3 is 6.03 Å². The Labute approximate surface area is 204 Å². The second kappa shape index (κ2) is 11.6. The summed E-state index contributed by atoms with van der Waals surface area (Å²) in [7, 11) is 3.22. The van der Waals surface area contributed by atoms with E-state index in [1.54, 1.807) is 18.0 Å². The molecule has 3 heterocycles. The molecule has 3 amide bonds. The summed E-state index contributed by atoms with van der Waals surface area (Å²) < 4.78 is 5.79. The summed E-state index contributed by atoms with van der Waals surface area (Å²) in [5.41, 5.74) is 6.16. The van der Waals surface area contributed by atoms with E-state index in [1.165, 1.54) is 7.11 Å². The third kappa shape index (κ3) is 6.51. The van der Waals surface area contributed by atoms with Crippen LogP contribution in [-0.4, -0.2) is 91.1 Å². The van der Waals surface area contributed by atoms with E-state index in [-0.39, 0.29) is 29.7 Å². The first-order valence-corrected chi connectivity index (χ1v) is 12.1. The number of piperidine rings is 2. The van der Waals surface area contributed by atoms with Crippen molar-refractivity contribution in [3.8, 4) is 18.2 Å². The summed E-state index contributed by atoms with van der Waals surface area (Å²) in [5.74, 6) is 3.40. The number of terminal acetylenes is 1. The van der Waals surface area contributed by atoms with Gasteiger partial charge < -0.3 is 30.5 Å². The molecule has 0 unspecified atom stereocenters. The lowest BCUT2D eigenvalue weighted by molar-refractivity contribution is 0.0886. The van der Waals surface area contributed by atoms with E-state index in [4.69, 9.17) is 16.9 Å². The number of urea groups is 1. The van der Waals surface area contributed by atoms with Gasteiger partial charge in [-0.1, -0.05) is 5.92 Å². The van der Waals surface area contributed by atoms with Gasteiger partial charge in [-0.15, -0.1) is 6.42 Å². The van der Waals surface area contributed by atoms with Crippen molar-refractivity contribution < 1.29 is 14.3 Å². The zero-order valence-electron chi connectivity index (χ0n) is 19.3. The van der Waals surface area contributed by atoms with Crippen molar-refractivity contribution in [3.05, 3.63) is 16.1 Å². The largest absolute Gasteiger partial charge is 0.480 e. The number of nitrogens with zero attached hydrogens (tertiary/aromatic N) is 4. The van der Waals surface area contributed by atoms with Crippen LogP contribution in [0.3, 0.4) is 0 Å². The topological polar surface area (TPSA) is 104 Å². The number of hydrogen-bond donors (Lipinski definition) is 2. The van der Waals surface area contributed by atoms with Crippen molar-refractivity contribution in [2.45, 2.75) is 31.7 Å². The van der Waals surface area contributed by atoms with Crippen LogP contribution in [-0.2, 0) is 0 Å². The highest BCUT2D eigenvalue weighted by atomic mass is 79.9. The van der Waals surface area contributed by atoms with Gasteiger partial charge in [0.05, 0.1) is 18.1 Å². The first-order chi connectivity index (χ1) is 15.8. The third-order valence-electron chi connectivity index (χ3n) is 6.39. The number of nitrogens with two attached hydrogens (primary N) is 1. The molecular formula is C23H33BrN6O3. The molecule has 0 radical (unpaired) electrons. The van der Waals surface area contributed by atoms with Gasteiger partial charge in [0.25, 0.3) is 5.91 Å². The molecule has 10 heteroatoms. The van der Waals surface area contributed by atoms with Crippen LogP contribution in [0.15, 0.2) is 10.5 Å². The predicted octanol–water partition coefficient (Wildman–Crippen LogP) is 2.03. The van der Waals surface area contributed by atoms with Crippen LogP contribution in [0.5, 0.6) is 5.88 Å². The number of hydrogen-bond acceptors (Lipinski definition) is 6. The quantitative estimate of drug-likeness (QED) is 0.556. The molecule has 3 N–H and O–H groups in total. The molecule has 0 saturated carbocycles. The molecule has 1 aromatic rings. The number of rotatable bonds is 6. The van der Waals surface area contributed by atoms with Crippen LogP contribution >= 0.6 is 15.9 Å².